The van der Waals surface area contributed by atoms with E-state index in [2.05, 4.69) is 4.98 Å². The van der Waals surface area contributed by atoms with Crippen LogP contribution in [0.4, 0.5) is 5.69 Å². The van der Waals surface area contributed by atoms with Crippen LogP contribution in [0.15, 0.2) is 22.6 Å². The van der Waals surface area contributed by atoms with Crippen molar-refractivity contribution < 1.29 is 13.9 Å². The summed E-state index contributed by atoms with van der Waals surface area (Å²) < 4.78 is 10.4. The second-order valence-corrected chi connectivity index (χ2v) is 4.62. The summed E-state index contributed by atoms with van der Waals surface area (Å²) in [5, 5.41) is 0. The van der Waals surface area contributed by atoms with Crippen LogP contribution < -0.4 is 5.73 Å². The Bertz CT molecular complexity index is 553. The molecule has 5 nitrogen and oxygen atoms in total. The zero-order valence-corrected chi connectivity index (χ0v) is 10.8. The standard InChI is InChI=1S/C12H14N2O3S/c1-2-16-12(15)7-18-6-11-14-9-5-8(13)3-4-10(9)17-11/h3-5H,2,6-7,13H2,1H3. The van der Waals surface area contributed by atoms with E-state index in [0.29, 0.717) is 35.3 Å². The number of thioether (sulfide) groups is 1. The van der Waals surface area contributed by atoms with Crippen molar-refractivity contribution in [2.75, 3.05) is 18.1 Å². The van der Waals surface area contributed by atoms with Gasteiger partial charge in [-0.3, -0.25) is 4.79 Å². The fraction of sp³-hybridized carbons (Fsp3) is 0.333. The number of rotatable bonds is 5. The molecule has 0 saturated heterocycles. The van der Waals surface area contributed by atoms with Crippen molar-refractivity contribution in [1.82, 2.24) is 4.98 Å². The molecule has 0 aliphatic rings. The molecule has 0 radical (unpaired) electrons. The Morgan fingerprint density at radius 2 is 2.39 bits per heavy atom. The van der Waals surface area contributed by atoms with Crippen molar-refractivity contribution in [3.63, 3.8) is 0 Å². The predicted octanol–water partition coefficient (Wildman–Crippen LogP) is 2.21. The summed E-state index contributed by atoms with van der Waals surface area (Å²) in [6.07, 6.45) is 0. The maximum atomic E-state index is 11.1. The number of esters is 1. The van der Waals surface area contributed by atoms with Crippen molar-refractivity contribution in [2.24, 2.45) is 0 Å². The molecular weight excluding hydrogens is 252 g/mol. The maximum absolute atomic E-state index is 11.1. The number of oxazole rings is 1. The van der Waals surface area contributed by atoms with Gasteiger partial charge < -0.3 is 14.9 Å². The van der Waals surface area contributed by atoms with Gasteiger partial charge in [-0.15, -0.1) is 11.8 Å². The van der Waals surface area contributed by atoms with Crippen LogP contribution in [0.25, 0.3) is 11.1 Å². The quantitative estimate of drug-likeness (QED) is 0.660. The van der Waals surface area contributed by atoms with Gasteiger partial charge in [0.2, 0.25) is 5.89 Å². The lowest BCUT2D eigenvalue weighted by Crippen LogP contribution is -2.06. The number of hydrogen-bond donors (Lipinski definition) is 1. The molecule has 0 unspecified atom stereocenters. The third-order valence-corrected chi connectivity index (χ3v) is 3.10. The van der Waals surface area contributed by atoms with Crippen molar-refractivity contribution in [3.8, 4) is 0 Å². The van der Waals surface area contributed by atoms with Gasteiger partial charge in [-0.1, -0.05) is 0 Å². The average molecular weight is 266 g/mol. The summed E-state index contributed by atoms with van der Waals surface area (Å²) in [6.45, 7) is 2.19. The van der Waals surface area contributed by atoms with Crippen LogP contribution in [0.2, 0.25) is 0 Å². The summed E-state index contributed by atoms with van der Waals surface area (Å²) in [7, 11) is 0. The van der Waals surface area contributed by atoms with Gasteiger partial charge in [0.25, 0.3) is 0 Å². The molecular formula is C12H14N2O3S. The van der Waals surface area contributed by atoms with E-state index in [1.54, 1.807) is 25.1 Å². The minimum absolute atomic E-state index is 0.220. The Kier molecular flexibility index (Phi) is 4.09. The number of carbonyl (C=O) groups excluding carboxylic acids is 1. The molecule has 0 amide bonds. The van der Waals surface area contributed by atoms with E-state index in [1.807, 2.05) is 0 Å². The summed E-state index contributed by atoms with van der Waals surface area (Å²) in [5.74, 6) is 1.20. The zero-order chi connectivity index (χ0) is 13.0. The number of fused-ring (bicyclic) bond motifs is 1. The van der Waals surface area contributed by atoms with Crippen molar-refractivity contribution in [3.05, 3.63) is 24.1 Å². The summed E-state index contributed by atoms with van der Waals surface area (Å²) in [6, 6.07) is 5.32. The first-order valence-electron chi connectivity index (χ1n) is 5.57. The fourth-order valence-electron chi connectivity index (χ4n) is 1.48. The van der Waals surface area contributed by atoms with Gasteiger partial charge >= 0.3 is 5.97 Å². The highest BCUT2D eigenvalue weighted by atomic mass is 32.2. The highest BCUT2D eigenvalue weighted by molar-refractivity contribution is 7.99. The van der Waals surface area contributed by atoms with E-state index in [1.165, 1.54) is 11.8 Å². The zero-order valence-electron chi connectivity index (χ0n) is 10.0. The van der Waals surface area contributed by atoms with Gasteiger partial charge in [-0.05, 0) is 25.1 Å². The van der Waals surface area contributed by atoms with Crippen LogP contribution in [0.5, 0.6) is 0 Å². The Morgan fingerprint density at radius 1 is 1.56 bits per heavy atom. The lowest BCUT2D eigenvalue weighted by molar-refractivity contribution is -0.139. The summed E-state index contributed by atoms with van der Waals surface area (Å²) in [4.78, 5) is 15.4. The molecule has 1 aromatic heterocycles. The van der Waals surface area contributed by atoms with E-state index < -0.39 is 0 Å². The van der Waals surface area contributed by atoms with Gasteiger partial charge in [0, 0.05) is 5.69 Å². The van der Waals surface area contributed by atoms with Gasteiger partial charge in [0.15, 0.2) is 5.58 Å². The highest BCUT2D eigenvalue weighted by Crippen LogP contribution is 2.21. The van der Waals surface area contributed by atoms with Crippen LogP contribution in [0, 0.1) is 0 Å². The number of nitrogen functional groups attached to an aromatic ring is 1. The predicted molar refractivity (Wildman–Crippen MR) is 71.2 cm³/mol. The Hall–Kier alpha value is -1.69. The highest BCUT2D eigenvalue weighted by Gasteiger charge is 2.08. The Morgan fingerprint density at radius 3 is 3.17 bits per heavy atom. The molecule has 6 heteroatoms. The topological polar surface area (TPSA) is 78.3 Å². The lowest BCUT2D eigenvalue weighted by Gasteiger charge is -1.99. The molecule has 0 aliphatic heterocycles. The van der Waals surface area contributed by atoms with Crippen LogP contribution >= 0.6 is 11.8 Å². The largest absolute Gasteiger partial charge is 0.465 e. The van der Waals surface area contributed by atoms with Crippen LogP contribution in [-0.2, 0) is 15.3 Å². The first kappa shape index (κ1) is 12.8. The molecule has 0 saturated carbocycles. The first-order valence-corrected chi connectivity index (χ1v) is 6.73. The monoisotopic (exact) mass is 266 g/mol. The Balaban J connectivity index is 1.94. The third-order valence-electron chi connectivity index (χ3n) is 2.21. The minimum Gasteiger partial charge on any atom is -0.465 e. The van der Waals surface area contributed by atoms with Crippen LogP contribution in [0.3, 0.4) is 0 Å². The number of anilines is 1. The van der Waals surface area contributed by atoms with Crippen LogP contribution in [-0.4, -0.2) is 23.3 Å². The van der Waals surface area contributed by atoms with E-state index in [-0.39, 0.29) is 5.97 Å². The Labute approximate surface area is 109 Å². The number of ether oxygens (including phenoxy) is 1. The molecule has 2 aromatic rings. The fourth-order valence-corrected chi connectivity index (χ4v) is 2.13. The molecule has 18 heavy (non-hydrogen) atoms. The van der Waals surface area contributed by atoms with Crippen molar-refractivity contribution in [2.45, 2.75) is 12.7 Å². The normalized spacial score (nSPS) is 10.7. The number of nitrogens with two attached hydrogens (primary N) is 1. The van der Waals surface area contributed by atoms with E-state index in [9.17, 15) is 4.79 Å². The van der Waals surface area contributed by atoms with Gasteiger partial charge in [-0.25, -0.2) is 4.98 Å². The van der Waals surface area contributed by atoms with Crippen molar-refractivity contribution in [1.29, 1.82) is 0 Å². The van der Waals surface area contributed by atoms with Gasteiger partial charge in [-0.2, -0.15) is 0 Å². The molecule has 2 N–H and O–H groups in total. The molecule has 1 heterocycles. The molecule has 0 fully saturated rings. The lowest BCUT2D eigenvalue weighted by atomic mass is 10.3. The molecule has 96 valence electrons. The van der Waals surface area contributed by atoms with E-state index in [4.69, 9.17) is 14.9 Å². The van der Waals surface area contributed by atoms with Crippen molar-refractivity contribution >= 4 is 34.5 Å². The van der Waals surface area contributed by atoms with Crippen LogP contribution in [0.1, 0.15) is 12.8 Å². The number of hydrogen-bond acceptors (Lipinski definition) is 6. The summed E-state index contributed by atoms with van der Waals surface area (Å²) >= 11 is 1.41. The second kappa shape index (κ2) is 5.77. The van der Waals surface area contributed by atoms with Gasteiger partial charge in [0.1, 0.15) is 5.52 Å². The number of carbonyl (C=O) groups is 1. The molecule has 0 spiro atoms. The molecule has 0 aliphatic carbocycles. The number of nitrogens with zero attached hydrogens (tertiary/aromatic N) is 1. The molecule has 2 rings (SSSR count). The smallest absolute Gasteiger partial charge is 0.315 e. The summed E-state index contributed by atoms with van der Waals surface area (Å²) in [5.41, 5.74) is 7.75. The average Bonchev–Trinajstić information content (AvgIpc) is 2.71. The van der Waals surface area contributed by atoms with Gasteiger partial charge in [0.05, 0.1) is 18.1 Å². The minimum atomic E-state index is -0.220. The SMILES string of the molecule is CCOC(=O)CSCc1nc2cc(N)ccc2o1. The third kappa shape index (κ3) is 3.16. The molecule has 1 aromatic carbocycles. The molecule has 0 atom stereocenters. The van der Waals surface area contributed by atoms with E-state index in [0.717, 1.165) is 5.52 Å². The number of benzene rings is 1. The van der Waals surface area contributed by atoms with E-state index >= 15 is 0 Å². The maximum Gasteiger partial charge on any atom is 0.315 e. The molecule has 0 bridgehead atoms. The number of aromatic nitrogens is 1. The first-order chi connectivity index (χ1) is 8.69. The second-order valence-electron chi connectivity index (χ2n) is 3.63.